The fraction of sp³-hybridized carbons (Fsp3) is 0.812. The van der Waals surface area contributed by atoms with Gasteiger partial charge in [0.25, 0.3) is 0 Å². The highest BCUT2D eigenvalue weighted by Gasteiger charge is 2.36. The number of ether oxygens (including phenoxy) is 2. The van der Waals surface area contributed by atoms with Crippen LogP contribution in [-0.2, 0) is 14.3 Å². The van der Waals surface area contributed by atoms with Gasteiger partial charge in [-0.25, -0.2) is 4.79 Å². The van der Waals surface area contributed by atoms with Gasteiger partial charge in [0.1, 0.15) is 16.9 Å². The number of esters is 1. The monoisotopic (exact) mass is 284 g/mol. The SMILES string of the molecule is CCC[C@H]1O[C@H](C(C)C)CC(O)=C1C(=O)OC(C)(C)C. The Hall–Kier alpha value is -1.03. The van der Waals surface area contributed by atoms with Gasteiger partial charge >= 0.3 is 5.97 Å². The van der Waals surface area contributed by atoms with Crippen LogP contribution in [0, 0.1) is 5.92 Å². The number of hydrogen-bond acceptors (Lipinski definition) is 4. The summed E-state index contributed by atoms with van der Waals surface area (Å²) in [7, 11) is 0. The molecule has 0 aromatic heterocycles. The fourth-order valence-electron chi connectivity index (χ4n) is 2.26. The molecule has 0 unspecified atom stereocenters. The predicted octanol–water partition coefficient (Wildman–Crippen LogP) is 3.75. The summed E-state index contributed by atoms with van der Waals surface area (Å²) in [6, 6.07) is 0. The molecular weight excluding hydrogens is 256 g/mol. The molecule has 1 aliphatic rings. The zero-order valence-corrected chi connectivity index (χ0v) is 13.5. The molecule has 4 nitrogen and oxygen atoms in total. The van der Waals surface area contributed by atoms with E-state index in [0.717, 1.165) is 6.42 Å². The van der Waals surface area contributed by atoms with Crippen LogP contribution in [0.3, 0.4) is 0 Å². The van der Waals surface area contributed by atoms with Crippen LogP contribution in [-0.4, -0.2) is 28.9 Å². The molecule has 0 spiro atoms. The molecule has 0 aromatic carbocycles. The van der Waals surface area contributed by atoms with Gasteiger partial charge in [-0.1, -0.05) is 27.2 Å². The normalized spacial score (nSPS) is 24.1. The van der Waals surface area contributed by atoms with Crippen molar-refractivity contribution in [2.24, 2.45) is 5.92 Å². The van der Waals surface area contributed by atoms with E-state index >= 15 is 0 Å². The number of carbonyl (C=O) groups excluding carboxylic acids is 1. The second kappa shape index (κ2) is 6.61. The maximum atomic E-state index is 12.3. The van der Waals surface area contributed by atoms with E-state index < -0.39 is 11.6 Å². The van der Waals surface area contributed by atoms with Crippen molar-refractivity contribution in [2.75, 3.05) is 0 Å². The molecule has 1 heterocycles. The van der Waals surface area contributed by atoms with Gasteiger partial charge in [-0.3, -0.25) is 0 Å². The number of rotatable bonds is 4. The highest BCUT2D eigenvalue weighted by atomic mass is 16.6. The van der Waals surface area contributed by atoms with E-state index in [9.17, 15) is 9.90 Å². The van der Waals surface area contributed by atoms with Crippen LogP contribution in [0.25, 0.3) is 0 Å². The third kappa shape index (κ3) is 4.51. The standard InChI is InChI=1S/C16H28O4/c1-7-8-12-14(15(18)20-16(4,5)6)11(17)9-13(19-12)10(2)3/h10,12-13,17H,7-9H2,1-6H3/t12-,13+/m1/s1. The van der Waals surface area contributed by atoms with Crippen LogP contribution < -0.4 is 0 Å². The van der Waals surface area contributed by atoms with Crippen molar-refractivity contribution in [2.45, 2.75) is 78.6 Å². The lowest BCUT2D eigenvalue weighted by atomic mass is 9.93. The summed E-state index contributed by atoms with van der Waals surface area (Å²) in [4.78, 5) is 12.3. The van der Waals surface area contributed by atoms with Gasteiger partial charge in [0, 0.05) is 6.42 Å². The molecule has 1 rings (SSSR count). The lowest BCUT2D eigenvalue weighted by molar-refractivity contribution is -0.154. The zero-order valence-electron chi connectivity index (χ0n) is 13.5. The van der Waals surface area contributed by atoms with E-state index in [1.54, 1.807) is 0 Å². The smallest absolute Gasteiger partial charge is 0.340 e. The summed E-state index contributed by atoms with van der Waals surface area (Å²) in [6.45, 7) is 11.6. The van der Waals surface area contributed by atoms with E-state index in [1.807, 2.05) is 27.7 Å². The Balaban J connectivity index is 2.99. The molecule has 4 heteroatoms. The van der Waals surface area contributed by atoms with Crippen LogP contribution in [0.5, 0.6) is 0 Å². The fourth-order valence-corrected chi connectivity index (χ4v) is 2.26. The van der Waals surface area contributed by atoms with E-state index in [2.05, 4.69) is 13.8 Å². The Labute approximate surface area is 122 Å². The second-order valence-corrected chi connectivity index (χ2v) is 6.76. The van der Waals surface area contributed by atoms with Crippen LogP contribution >= 0.6 is 0 Å². The minimum atomic E-state index is -0.573. The summed E-state index contributed by atoms with van der Waals surface area (Å²) in [5, 5.41) is 10.3. The van der Waals surface area contributed by atoms with Gasteiger partial charge in [0.2, 0.25) is 0 Å². The molecule has 0 bridgehead atoms. The molecule has 0 saturated carbocycles. The Bertz CT molecular complexity index is 376. The minimum Gasteiger partial charge on any atom is -0.512 e. The first kappa shape index (κ1) is 17.0. The topological polar surface area (TPSA) is 55.8 Å². The number of aliphatic hydroxyl groups excluding tert-OH is 1. The molecule has 2 atom stereocenters. The molecule has 0 radical (unpaired) electrons. The van der Waals surface area contributed by atoms with Gasteiger partial charge < -0.3 is 14.6 Å². The molecule has 0 aliphatic carbocycles. The van der Waals surface area contributed by atoms with E-state index in [0.29, 0.717) is 24.3 Å². The van der Waals surface area contributed by atoms with Crippen LogP contribution in [0.15, 0.2) is 11.3 Å². The molecule has 0 fully saturated rings. The highest BCUT2D eigenvalue weighted by Crippen LogP contribution is 2.31. The lowest BCUT2D eigenvalue weighted by Crippen LogP contribution is -2.38. The van der Waals surface area contributed by atoms with Gasteiger partial charge in [-0.2, -0.15) is 0 Å². The molecule has 1 aliphatic heterocycles. The van der Waals surface area contributed by atoms with Gasteiger partial charge in [-0.15, -0.1) is 0 Å². The van der Waals surface area contributed by atoms with Crippen molar-refractivity contribution in [3.8, 4) is 0 Å². The molecule has 0 amide bonds. The molecule has 1 N–H and O–H groups in total. The largest absolute Gasteiger partial charge is 0.512 e. The third-order valence-electron chi connectivity index (χ3n) is 3.28. The van der Waals surface area contributed by atoms with E-state index in [4.69, 9.17) is 9.47 Å². The predicted molar refractivity (Wildman–Crippen MR) is 78.5 cm³/mol. The Kier molecular flexibility index (Phi) is 5.63. The zero-order chi connectivity index (χ0) is 15.5. The van der Waals surface area contributed by atoms with Gasteiger partial charge in [0.15, 0.2) is 0 Å². The quantitative estimate of drug-likeness (QED) is 0.799. The second-order valence-electron chi connectivity index (χ2n) is 6.76. The molecule has 116 valence electrons. The summed E-state index contributed by atoms with van der Waals surface area (Å²) in [5.74, 6) is -0.0324. The third-order valence-corrected chi connectivity index (χ3v) is 3.28. The van der Waals surface area contributed by atoms with Crippen LogP contribution in [0.2, 0.25) is 0 Å². The van der Waals surface area contributed by atoms with Crippen LogP contribution in [0.4, 0.5) is 0 Å². The molecule has 0 saturated heterocycles. The summed E-state index contributed by atoms with van der Waals surface area (Å²) >= 11 is 0. The minimum absolute atomic E-state index is 0.0438. The summed E-state index contributed by atoms with van der Waals surface area (Å²) in [5.41, 5.74) is -0.269. The Morgan fingerprint density at radius 1 is 1.45 bits per heavy atom. The van der Waals surface area contributed by atoms with Crippen molar-refractivity contribution in [1.82, 2.24) is 0 Å². The molecule has 0 aromatic rings. The first-order chi connectivity index (χ1) is 9.15. The maximum absolute atomic E-state index is 12.3. The van der Waals surface area contributed by atoms with Crippen molar-refractivity contribution in [1.29, 1.82) is 0 Å². The van der Waals surface area contributed by atoms with Crippen molar-refractivity contribution in [3.63, 3.8) is 0 Å². The number of hydrogen-bond donors (Lipinski definition) is 1. The first-order valence-corrected chi connectivity index (χ1v) is 7.46. The summed E-state index contributed by atoms with van der Waals surface area (Å²) in [6.07, 6.45) is 1.57. The summed E-state index contributed by atoms with van der Waals surface area (Å²) < 4.78 is 11.4. The average molecular weight is 284 g/mol. The first-order valence-electron chi connectivity index (χ1n) is 7.46. The molecular formula is C16H28O4. The Morgan fingerprint density at radius 2 is 2.05 bits per heavy atom. The van der Waals surface area contributed by atoms with E-state index in [1.165, 1.54) is 0 Å². The number of aliphatic hydroxyl groups is 1. The number of carbonyl (C=O) groups is 1. The average Bonchev–Trinajstić information content (AvgIpc) is 2.25. The van der Waals surface area contributed by atoms with Crippen molar-refractivity contribution in [3.05, 3.63) is 11.3 Å². The van der Waals surface area contributed by atoms with E-state index in [-0.39, 0.29) is 18.0 Å². The van der Waals surface area contributed by atoms with Crippen LogP contribution in [0.1, 0.15) is 60.8 Å². The lowest BCUT2D eigenvalue weighted by Gasteiger charge is -2.34. The maximum Gasteiger partial charge on any atom is 0.340 e. The van der Waals surface area contributed by atoms with Gasteiger partial charge in [-0.05, 0) is 33.1 Å². The van der Waals surface area contributed by atoms with Crippen molar-refractivity contribution < 1.29 is 19.4 Å². The van der Waals surface area contributed by atoms with Gasteiger partial charge in [0.05, 0.1) is 12.2 Å². The molecule has 20 heavy (non-hydrogen) atoms. The Morgan fingerprint density at radius 3 is 2.50 bits per heavy atom. The van der Waals surface area contributed by atoms with Crippen molar-refractivity contribution >= 4 is 5.97 Å². The highest BCUT2D eigenvalue weighted by molar-refractivity contribution is 5.90.